The van der Waals surface area contributed by atoms with Crippen LogP contribution in [0.3, 0.4) is 0 Å². The molecule has 134 valence electrons. The first-order valence-corrected chi connectivity index (χ1v) is 5.57. The molecule has 0 heterocycles. The number of carbonyl (C=O) groups is 4. The van der Waals surface area contributed by atoms with E-state index in [-0.39, 0.29) is 0 Å². The zero-order valence-corrected chi connectivity index (χ0v) is 13.2. The van der Waals surface area contributed by atoms with Gasteiger partial charge in [0.25, 0.3) is 23.9 Å². The third kappa shape index (κ3) is 8640. The minimum Gasteiger partial charge on any atom is -0.481 e. The van der Waals surface area contributed by atoms with Crippen molar-refractivity contribution in [2.75, 3.05) is 0 Å². The molecular weight excluding hydrogens is 304 g/mol. The summed E-state index contributed by atoms with van der Waals surface area (Å²) in [6.07, 6.45) is 0.382. The molecule has 0 bridgehead atoms. The average molecular weight is 330 g/mol. The van der Waals surface area contributed by atoms with E-state index in [2.05, 4.69) is 0 Å². The predicted octanol–water partition coefficient (Wildman–Crippen LogP) is -0.676. The number of nitrogens with two attached hydrogens (primary N) is 2. The Morgan fingerprint density at radius 2 is 0.773 bits per heavy atom. The Morgan fingerprint density at radius 1 is 0.727 bits per heavy atom. The summed E-state index contributed by atoms with van der Waals surface area (Å²) in [6, 6.07) is 0. The van der Waals surface area contributed by atoms with Gasteiger partial charge in [-0.15, -0.1) is 0 Å². The van der Waals surface area contributed by atoms with E-state index in [1.807, 2.05) is 0 Å². The minimum absolute atomic E-state index is 0.382. The monoisotopic (exact) mass is 330 g/mol. The average Bonchev–Trinajstić information content (AvgIpc) is 2.12. The molecule has 0 aliphatic heterocycles. The van der Waals surface area contributed by atoms with Crippen LogP contribution < -0.4 is 11.5 Å². The molecule has 0 aromatic heterocycles. The van der Waals surface area contributed by atoms with Gasteiger partial charge in [-0.05, 0) is 0 Å². The van der Waals surface area contributed by atoms with Crippen molar-refractivity contribution < 1.29 is 44.7 Å². The van der Waals surface area contributed by atoms with Crippen molar-refractivity contribution in [3.05, 3.63) is 0 Å². The zero-order chi connectivity index (χ0) is 19.5. The minimum atomic E-state index is -1.46. The Bertz CT molecular complexity index is 247. The Balaban J connectivity index is -0.0000000555. The lowest BCUT2D eigenvalue weighted by Gasteiger charge is -2.11. The number of carboxylic acid groups (broad SMARTS) is 4. The van der Waals surface area contributed by atoms with Crippen molar-refractivity contribution >= 4 is 23.9 Å². The van der Waals surface area contributed by atoms with Crippen LogP contribution in [0.25, 0.3) is 0 Å². The lowest BCUT2D eigenvalue weighted by Crippen LogP contribution is -2.48. The molecule has 22 heavy (non-hydrogen) atoms. The topological polar surface area (TPSA) is 221 Å². The first-order chi connectivity index (χ1) is 9.49. The summed E-state index contributed by atoms with van der Waals surface area (Å²) in [5, 5.41) is 38.0. The van der Waals surface area contributed by atoms with Crippen molar-refractivity contribution in [1.82, 2.24) is 0 Å². The molecule has 0 fully saturated rings. The van der Waals surface area contributed by atoms with Gasteiger partial charge in [-0.1, -0.05) is 6.92 Å². The predicted molar refractivity (Wildman–Crippen MR) is 76.9 cm³/mol. The molecule has 0 aromatic carbocycles. The van der Waals surface area contributed by atoms with E-state index >= 15 is 0 Å². The van der Waals surface area contributed by atoms with E-state index in [9.17, 15) is 0 Å². The number of hydrogen-bond donors (Lipinski definition) is 7. The maximum atomic E-state index is 9.00. The normalized spacial score (nSPS) is 7.82. The maximum Gasteiger partial charge on any atom is 0.300 e. The summed E-state index contributed by atoms with van der Waals surface area (Å²) < 4.78 is 0. The van der Waals surface area contributed by atoms with Crippen LogP contribution >= 0.6 is 0 Å². The third-order valence-corrected chi connectivity index (χ3v) is 0.566. The molecule has 0 saturated carbocycles. The summed E-state index contributed by atoms with van der Waals surface area (Å²) in [4.78, 5) is 36.0. The third-order valence-electron chi connectivity index (χ3n) is 0.566. The molecule has 0 saturated heterocycles. The molecule has 0 aliphatic carbocycles. The van der Waals surface area contributed by atoms with Crippen LogP contribution in [0.4, 0.5) is 0 Å². The summed E-state index contributed by atoms with van der Waals surface area (Å²) in [6.45, 7) is 6.04. The van der Waals surface area contributed by atoms with Crippen LogP contribution in [0.2, 0.25) is 0 Å². The van der Waals surface area contributed by atoms with Crippen molar-refractivity contribution in [2.45, 2.75) is 46.9 Å². The van der Waals surface area contributed by atoms with Crippen LogP contribution in [0.5, 0.6) is 0 Å². The molecule has 0 radical (unpaired) electrons. The SMILES string of the molecule is CC(=O)O.CC(=O)O.CC(=O)O.CC(=O)O.CCC(N)(N)O. The smallest absolute Gasteiger partial charge is 0.300 e. The second-order valence-electron chi connectivity index (χ2n) is 3.42. The lowest BCUT2D eigenvalue weighted by atomic mass is 10.3. The van der Waals surface area contributed by atoms with Crippen LogP contribution in [0.15, 0.2) is 0 Å². The van der Waals surface area contributed by atoms with Crippen molar-refractivity contribution in [3.63, 3.8) is 0 Å². The van der Waals surface area contributed by atoms with E-state index in [4.69, 9.17) is 56.2 Å². The molecule has 11 heteroatoms. The zero-order valence-electron chi connectivity index (χ0n) is 13.2. The number of rotatable bonds is 1. The lowest BCUT2D eigenvalue weighted by molar-refractivity contribution is -0.135. The number of aliphatic carboxylic acids is 4. The van der Waals surface area contributed by atoms with Gasteiger partial charge < -0.3 is 25.5 Å². The quantitative estimate of drug-likeness (QED) is 0.298. The Hall–Kier alpha value is -2.24. The van der Waals surface area contributed by atoms with Crippen molar-refractivity contribution in [3.8, 4) is 0 Å². The molecule has 0 rings (SSSR count). The summed E-state index contributed by atoms with van der Waals surface area (Å²) in [7, 11) is 0. The van der Waals surface area contributed by atoms with Crippen LogP contribution in [0, 0.1) is 0 Å². The van der Waals surface area contributed by atoms with E-state index < -0.39 is 29.7 Å². The highest BCUT2D eigenvalue weighted by atomic mass is 16.4. The molecule has 11 nitrogen and oxygen atoms in total. The van der Waals surface area contributed by atoms with Crippen LogP contribution in [-0.4, -0.2) is 55.3 Å². The van der Waals surface area contributed by atoms with Gasteiger partial charge in [0, 0.05) is 34.1 Å². The fourth-order valence-corrected chi connectivity index (χ4v) is 0. The highest BCUT2D eigenvalue weighted by molar-refractivity contribution is 5.63. The Labute approximate surface area is 128 Å². The molecule has 0 aromatic rings. The molecular formula is C11H26N2O9. The van der Waals surface area contributed by atoms with Crippen LogP contribution in [0.1, 0.15) is 41.0 Å². The molecule has 0 amide bonds. The second-order valence-corrected chi connectivity index (χ2v) is 3.42. The maximum absolute atomic E-state index is 9.00. The Morgan fingerprint density at radius 3 is 0.773 bits per heavy atom. The number of hydrogen-bond acceptors (Lipinski definition) is 7. The van der Waals surface area contributed by atoms with E-state index in [1.165, 1.54) is 0 Å². The molecule has 9 N–H and O–H groups in total. The molecule has 0 spiro atoms. The van der Waals surface area contributed by atoms with Gasteiger partial charge in [0.15, 0.2) is 5.85 Å². The van der Waals surface area contributed by atoms with Gasteiger partial charge in [0.2, 0.25) is 0 Å². The number of carboxylic acids is 4. The van der Waals surface area contributed by atoms with Crippen molar-refractivity contribution in [2.24, 2.45) is 11.5 Å². The van der Waals surface area contributed by atoms with E-state index in [1.54, 1.807) is 6.92 Å². The van der Waals surface area contributed by atoms with E-state index in [0.717, 1.165) is 27.7 Å². The highest BCUT2D eigenvalue weighted by Gasteiger charge is 2.06. The van der Waals surface area contributed by atoms with Gasteiger partial charge >= 0.3 is 0 Å². The first kappa shape index (κ1) is 31.9. The highest BCUT2D eigenvalue weighted by Crippen LogP contribution is 1.85. The first-order valence-electron chi connectivity index (χ1n) is 5.57. The molecule has 0 atom stereocenters. The summed E-state index contributed by atoms with van der Waals surface area (Å²) >= 11 is 0. The second kappa shape index (κ2) is 21.1. The fraction of sp³-hybridized carbons (Fsp3) is 0.636. The van der Waals surface area contributed by atoms with Gasteiger partial charge in [0.05, 0.1) is 0 Å². The van der Waals surface area contributed by atoms with Gasteiger partial charge in [0.1, 0.15) is 0 Å². The number of aliphatic hydroxyl groups is 1. The molecule has 0 unspecified atom stereocenters. The van der Waals surface area contributed by atoms with Crippen LogP contribution in [-0.2, 0) is 19.2 Å². The van der Waals surface area contributed by atoms with E-state index in [0.29, 0.717) is 6.42 Å². The Kier molecular flexibility index (Phi) is 30.6. The van der Waals surface area contributed by atoms with Crippen molar-refractivity contribution in [1.29, 1.82) is 0 Å². The standard InChI is InChI=1S/C3H10N2O.4C2H4O2/c1-2-3(4,5)6;4*1-2(3)4/h6H,2,4-5H2,1H3;4*1H3,(H,3,4). The largest absolute Gasteiger partial charge is 0.481 e. The van der Waals surface area contributed by atoms with Gasteiger partial charge in [-0.25, -0.2) is 0 Å². The summed E-state index contributed by atoms with van der Waals surface area (Å²) in [5.74, 6) is -4.79. The molecule has 0 aliphatic rings. The summed E-state index contributed by atoms with van der Waals surface area (Å²) in [5.41, 5.74) is 9.74. The van der Waals surface area contributed by atoms with Gasteiger partial charge in [-0.2, -0.15) is 0 Å². The van der Waals surface area contributed by atoms with Gasteiger partial charge in [-0.3, -0.25) is 30.6 Å². The fourth-order valence-electron chi connectivity index (χ4n) is 0.